The quantitative estimate of drug-likeness (QED) is 0.362. The van der Waals surface area contributed by atoms with Crippen molar-refractivity contribution in [3.05, 3.63) is 67.1 Å². The maximum absolute atomic E-state index is 5.56. The van der Waals surface area contributed by atoms with E-state index < -0.39 is 0 Å². The second-order valence-corrected chi connectivity index (χ2v) is 9.31. The Bertz CT molecular complexity index is 1270. The van der Waals surface area contributed by atoms with Crippen LogP contribution in [0.3, 0.4) is 0 Å². The molecule has 0 unspecified atom stereocenters. The van der Waals surface area contributed by atoms with Crippen molar-refractivity contribution in [3.63, 3.8) is 0 Å². The predicted octanol–water partition coefficient (Wildman–Crippen LogP) is 5.03. The van der Waals surface area contributed by atoms with Gasteiger partial charge in [-0.2, -0.15) is 0 Å². The Labute approximate surface area is 207 Å². The summed E-state index contributed by atoms with van der Waals surface area (Å²) >= 11 is 0. The minimum Gasteiger partial charge on any atom is -0.497 e. The van der Waals surface area contributed by atoms with E-state index in [2.05, 4.69) is 69.0 Å². The molecule has 6 nitrogen and oxygen atoms in total. The van der Waals surface area contributed by atoms with Crippen LogP contribution >= 0.6 is 0 Å². The van der Waals surface area contributed by atoms with E-state index in [1.54, 1.807) is 14.2 Å². The number of hydrogen-bond donors (Lipinski definition) is 0. The molecule has 1 aliphatic rings. The SMILES string of the molecule is COc1ccc(-c2cncc(-c3cn(CCCN4CCN(C)CC4)c4ccc(OC)cc34)c2)cc1. The molecule has 0 amide bonds. The van der Waals surface area contributed by atoms with Crippen LogP contribution in [-0.2, 0) is 6.54 Å². The molecular weight excluding hydrogens is 436 g/mol. The van der Waals surface area contributed by atoms with Crippen molar-refractivity contribution in [1.82, 2.24) is 19.4 Å². The van der Waals surface area contributed by atoms with Gasteiger partial charge in [-0.15, -0.1) is 0 Å². The van der Waals surface area contributed by atoms with E-state index in [-0.39, 0.29) is 0 Å². The fourth-order valence-corrected chi connectivity index (χ4v) is 4.88. The van der Waals surface area contributed by atoms with E-state index in [9.17, 15) is 0 Å². The van der Waals surface area contributed by atoms with Crippen LogP contribution in [0, 0.1) is 0 Å². The number of likely N-dealkylation sites (N-methyl/N-ethyl adjacent to an activating group) is 1. The Morgan fingerprint density at radius 1 is 0.771 bits per heavy atom. The molecule has 0 aliphatic carbocycles. The van der Waals surface area contributed by atoms with Gasteiger partial charge in [-0.3, -0.25) is 4.98 Å². The van der Waals surface area contributed by atoms with Crippen LogP contribution in [0.5, 0.6) is 11.5 Å². The lowest BCUT2D eigenvalue weighted by Gasteiger charge is -2.32. The van der Waals surface area contributed by atoms with Gasteiger partial charge in [0.1, 0.15) is 11.5 Å². The van der Waals surface area contributed by atoms with Gasteiger partial charge in [0.25, 0.3) is 0 Å². The van der Waals surface area contributed by atoms with Gasteiger partial charge in [0.15, 0.2) is 0 Å². The van der Waals surface area contributed by atoms with E-state index in [1.165, 1.54) is 16.5 Å². The maximum atomic E-state index is 5.56. The lowest BCUT2D eigenvalue weighted by molar-refractivity contribution is 0.151. The van der Waals surface area contributed by atoms with Crippen molar-refractivity contribution in [2.75, 3.05) is 54.0 Å². The number of aromatic nitrogens is 2. The Hall–Kier alpha value is -3.35. The topological polar surface area (TPSA) is 42.8 Å². The number of pyridine rings is 1. The summed E-state index contributed by atoms with van der Waals surface area (Å²) in [4.78, 5) is 9.57. The summed E-state index contributed by atoms with van der Waals surface area (Å²) in [5, 5.41) is 1.19. The first kappa shape index (κ1) is 23.4. The highest BCUT2D eigenvalue weighted by Crippen LogP contribution is 2.35. The molecule has 1 saturated heterocycles. The van der Waals surface area contributed by atoms with E-state index in [1.807, 2.05) is 24.5 Å². The zero-order valence-corrected chi connectivity index (χ0v) is 20.9. The van der Waals surface area contributed by atoms with Gasteiger partial charge in [0.2, 0.25) is 0 Å². The molecule has 2 aromatic carbocycles. The third-order valence-corrected chi connectivity index (χ3v) is 7.03. The second-order valence-electron chi connectivity index (χ2n) is 9.31. The minimum absolute atomic E-state index is 0.851. The fraction of sp³-hybridized carbons (Fsp3) is 0.345. The van der Waals surface area contributed by atoms with Gasteiger partial charge >= 0.3 is 0 Å². The van der Waals surface area contributed by atoms with Gasteiger partial charge in [-0.05, 0) is 62.0 Å². The molecule has 1 aliphatic heterocycles. The highest BCUT2D eigenvalue weighted by Gasteiger charge is 2.15. The molecule has 2 aromatic heterocycles. The van der Waals surface area contributed by atoms with Crippen molar-refractivity contribution < 1.29 is 9.47 Å². The molecular formula is C29H34N4O2. The molecule has 0 N–H and O–H groups in total. The first-order valence-corrected chi connectivity index (χ1v) is 12.3. The fourth-order valence-electron chi connectivity index (χ4n) is 4.88. The number of nitrogens with zero attached hydrogens (tertiary/aromatic N) is 4. The van der Waals surface area contributed by atoms with E-state index >= 15 is 0 Å². The number of hydrogen-bond acceptors (Lipinski definition) is 5. The summed E-state index contributed by atoms with van der Waals surface area (Å²) in [6.45, 7) is 6.76. The number of rotatable bonds is 8. The Morgan fingerprint density at radius 2 is 1.49 bits per heavy atom. The molecule has 0 saturated carbocycles. The molecule has 0 atom stereocenters. The van der Waals surface area contributed by atoms with Gasteiger partial charge in [-0.1, -0.05) is 12.1 Å². The van der Waals surface area contributed by atoms with E-state index in [0.29, 0.717) is 0 Å². The van der Waals surface area contributed by atoms with Gasteiger partial charge < -0.3 is 23.8 Å². The predicted molar refractivity (Wildman–Crippen MR) is 142 cm³/mol. The third-order valence-electron chi connectivity index (χ3n) is 7.03. The summed E-state index contributed by atoms with van der Waals surface area (Å²) in [7, 11) is 5.61. The first-order chi connectivity index (χ1) is 17.1. The number of methoxy groups -OCH3 is 2. The zero-order valence-electron chi connectivity index (χ0n) is 20.9. The maximum Gasteiger partial charge on any atom is 0.119 e. The normalized spacial score (nSPS) is 14.9. The number of ether oxygens (including phenoxy) is 2. The molecule has 0 radical (unpaired) electrons. The molecule has 35 heavy (non-hydrogen) atoms. The number of aryl methyl sites for hydroxylation is 1. The monoisotopic (exact) mass is 470 g/mol. The Balaban J connectivity index is 1.43. The summed E-state index contributed by atoms with van der Waals surface area (Å²) < 4.78 is 13.3. The van der Waals surface area contributed by atoms with Crippen molar-refractivity contribution in [2.45, 2.75) is 13.0 Å². The molecule has 6 heteroatoms. The molecule has 3 heterocycles. The van der Waals surface area contributed by atoms with Crippen LogP contribution in [0.4, 0.5) is 0 Å². The summed E-state index contributed by atoms with van der Waals surface area (Å²) in [5.74, 6) is 1.72. The highest BCUT2D eigenvalue weighted by molar-refractivity contribution is 5.97. The summed E-state index contributed by atoms with van der Waals surface area (Å²) in [6, 6.07) is 16.7. The van der Waals surface area contributed by atoms with Crippen LogP contribution < -0.4 is 9.47 Å². The van der Waals surface area contributed by atoms with Crippen molar-refractivity contribution in [2.24, 2.45) is 0 Å². The van der Waals surface area contributed by atoms with Crippen molar-refractivity contribution >= 4 is 10.9 Å². The summed E-state index contributed by atoms with van der Waals surface area (Å²) in [5.41, 5.74) is 5.72. The third kappa shape index (κ3) is 5.19. The molecule has 4 aromatic rings. The van der Waals surface area contributed by atoms with E-state index in [4.69, 9.17) is 9.47 Å². The van der Waals surface area contributed by atoms with Crippen LogP contribution in [-0.4, -0.2) is 73.3 Å². The standard InChI is InChI=1S/C29H34N4O2/c1-31-13-15-32(16-14-31)11-4-12-33-21-28(27-18-26(35-3)9-10-29(27)33)24-17-23(19-30-20-24)22-5-7-25(34-2)8-6-22/h5-10,17-21H,4,11-16H2,1-3H3. The largest absolute Gasteiger partial charge is 0.497 e. The lowest BCUT2D eigenvalue weighted by atomic mass is 10.0. The average Bonchev–Trinajstić information content (AvgIpc) is 3.27. The minimum atomic E-state index is 0.851. The van der Waals surface area contributed by atoms with Gasteiger partial charge in [0.05, 0.1) is 14.2 Å². The Morgan fingerprint density at radius 3 is 2.23 bits per heavy atom. The number of benzene rings is 2. The van der Waals surface area contributed by atoms with Crippen LogP contribution in [0.1, 0.15) is 6.42 Å². The summed E-state index contributed by atoms with van der Waals surface area (Å²) in [6.07, 6.45) is 7.28. The Kier molecular flexibility index (Phi) is 7.02. The van der Waals surface area contributed by atoms with Gasteiger partial charge in [0, 0.05) is 78.9 Å². The smallest absolute Gasteiger partial charge is 0.119 e. The lowest BCUT2D eigenvalue weighted by Crippen LogP contribution is -2.44. The molecule has 1 fully saturated rings. The van der Waals surface area contributed by atoms with Gasteiger partial charge in [-0.25, -0.2) is 0 Å². The second kappa shape index (κ2) is 10.5. The molecule has 182 valence electrons. The van der Waals surface area contributed by atoms with Crippen LogP contribution in [0.2, 0.25) is 0 Å². The van der Waals surface area contributed by atoms with Crippen molar-refractivity contribution in [3.8, 4) is 33.8 Å². The van der Waals surface area contributed by atoms with E-state index in [0.717, 1.165) is 73.9 Å². The molecule has 5 rings (SSSR count). The average molecular weight is 471 g/mol. The first-order valence-electron chi connectivity index (χ1n) is 12.3. The van der Waals surface area contributed by atoms with Crippen LogP contribution in [0.15, 0.2) is 67.1 Å². The molecule has 0 spiro atoms. The van der Waals surface area contributed by atoms with Crippen molar-refractivity contribution in [1.29, 1.82) is 0 Å². The number of fused-ring (bicyclic) bond motifs is 1. The number of piperazine rings is 1. The zero-order chi connectivity index (χ0) is 24.2. The highest BCUT2D eigenvalue weighted by atomic mass is 16.5. The molecule has 0 bridgehead atoms. The van der Waals surface area contributed by atoms with Crippen LogP contribution in [0.25, 0.3) is 33.2 Å².